The molecule has 0 saturated heterocycles. The number of halogens is 1. The SMILES string of the molecule is Cc1ccc(CN2C(=O)c3oc4ccccc4c(=O)c3C2c2ccc(Br)cc2)cc1. The van der Waals surface area contributed by atoms with Gasteiger partial charge in [0.25, 0.3) is 5.91 Å². The predicted octanol–water partition coefficient (Wildman–Crippen LogP) is 5.61. The molecule has 0 saturated carbocycles. The van der Waals surface area contributed by atoms with Crippen molar-refractivity contribution in [3.63, 3.8) is 0 Å². The van der Waals surface area contributed by atoms with Gasteiger partial charge in [0, 0.05) is 11.0 Å². The molecule has 1 amide bonds. The van der Waals surface area contributed by atoms with Crippen LogP contribution in [0.1, 0.15) is 38.9 Å². The summed E-state index contributed by atoms with van der Waals surface area (Å²) in [7, 11) is 0. The van der Waals surface area contributed by atoms with E-state index in [9.17, 15) is 9.59 Å². The molecule has 0 aliphatic carbocycles. The molecule has 1 aliphatic heterocycles. The Morgan fingerprint density at radius 3 is 2.37 bits per heavy atom. The lowest BCUT2D eigenvalue weighted by molar-refractivity contribution is 0.0714. The standard InChI is InChI=1S/C25H18BrNO3/c1-15-6-8-16(9-7-15)14-27-22(17-10-12-18(26)13-11-17)21-23(28)19-4-2-3-5-20(19)30-24(21)25(27)29/h2-13,22H,14H2,1H3. The number of aryl methyl sites for hydroxylation is 1. The summed E-state index contributed by atoms with van der Waals surface area (Å²) in [6.45, 7) is 2.42. The number of para-hydroxylation sites is 1. The van der Waals surface area contributed by atoms with Crippen LogP contribution < -0.4 is 5.43 Å². The second-order valence-electron chi connectivity index (χ2n) is 7.54. The first-order valence-electron chi connectivity index (χ1n) is 9.70. The minimum atomic E-state index is -0.497. The minimum Gasteiger partial charge on any atom is -0.450 e. The van der Waals surface area contributed by atoms with Crippen molar-refractivity contribution < 1.29 is 9.21 Å². The number of hydrogen-bond acceptors (Lipinski definition) is 3. The second kappa shape index (κ2) is 7.26. The molecule has 0 fully saturated rings. The van der Waals surface area contributed by atoms with Gasteiger partial charge in [0.15, 0.2) is 5.43 Å². The third kappa shape index (κ3) is 3.06. The molecule has 2 heterocycles. The Balaban J connectivity index is 1.71. The van der Waals surface area contributed by atoms with Gasteiger partial charge in [0.1, 0.15) is 5.58 Å². The summed E-state index contributed by atoms with van der Waals surface area (Å²) in [5, 5.41) is 0.489. The van der Waals surface area contributed by atoms with Gasteiger partial charge >= 0.3 is 0 Å². The predicted molar refractivity (Wildman–Crippen MR) is 120 cm³/mol. The Hall–Kier alpha value is -3.18. The third-order valence-corrected chi connectivity index (χ3v) is 6.06. The van der Waals surface area contributed by atoms with E-state index in [0.717, 1.165) is 21.2 Å². The summed E-state index contributed by atoms with van der Waals surface area (Å²) >= 11 is 3.46. The number of hydrogen-bond donors (Lipinski definition) is 0. The van der Waals surface area contributed by atoms with Crippen LogP contribution in [0.4, 0.5) is 0 Å². The number of carbonyl (C=O) groups excluding carboxylic acids is 1. The van der Waals surface area contributed by atoms with Crippen LogP contribution in [0.15, 0.2) is 86.5 Å². The highest BCUT2D eigenvalue weighted by Crippen LogP contribution is 2.39. The molecule has 30 heavy (non-hydrogen) atoms. The first-order chi connectivity index (χ1) is 14.5. The molecule has 0 bridgehead atoms. The van der Waals surface area contributed by atoms with Gasteiger partial charge in [-0.3, -0.25) is 9.59 Å². The van der Waals surface area contributed by atoms with Gasteiger partial charge in [0.05, 0.1) is 17.0 Å². The molecule has 0 N–H and O–H groups in total. The van der Waals surface area contributed by atoms with Gasteiger partial charge in [-0.05, 0) is 42.3 Å². The van der Waals surface area contributed by atoms with Crippen LogP contribution >= 0.6 is 15.9 Å². The van der Waals surface area contributed by atoms with Crippen molar-refractivity contribution in [2.45, 2.75) is 19.5 Å². The average molecular weight is 460 g/mol. The molecule has 0 spiro atoms. The van der Waals surface area contributed by atoms with Crippen LogP contribution in [-0.2, 0) is 6.54 Å². The Bertz CT molecular complexity index is 1320. The molecular weight excluding hydrogens is 442 g/mol. The quantitative estimate of drug-likeness (QED) is 0.400. The molecule has 1 atom stereocenters. The molecule has 4 nitrogen and oxygen atoms in total. The van der Waals surface area contributed by atoms with Crippen molar-refractivity contribution in [1.29, 1.82) is 0 Å². The number of nitrogens with zero attached hydrogens (tertiary/aromatic N) is 1. The van der Waals surface area contributed by atoms with Gasteiger partial charge in [-0.1, -0.05) is 70.0 Å². The lowest BCUT2D eigenvalue weighted by Gasteiger charge is -2.25. The monoisotopic (exact) mass is 459 g/mol. The number of benzene rings is 3. The number of amides is 1. The highest BCUT2D eigenvalue weighted by molar-refractivity contribution is 9.10. The zero-order valence-corrected chi connectivity index (χ0v) is 17.8. The molecule has 0 radical (unpaired) electrons. The van der Waals surface area contributed by atoms with E-state index in [1.165, 1.54) is 0 Å². The fourth-order valence-corrected chi connectivity index (χ4v) is 4.28. The van der Waals surface area contributed by atoms with Crippen LogP contribution in [0.3, 0.4) is 0 Å². The lowest BCUT2D eigenvalue weighted by Crippen LogP contribution is -2.29. The average Bonchev–Trinajstić information content (AvgIpc) is 3.03. The molecule has 4 aromatic rings. The highest BCUT2D eigenvalue weighted by atomic mass is 79.9. The first-order valence-corrected chi connectivity index (χ1v) is 10.5. The molecule has 148 valence electrons. The summed E-state index contributed by atoms with van der Waals surface area (Å²) in [5.74, 6) is -0.125. The molecular formula is C25H18BrNO3. The molecule has 5 heteroatoms. The van der Waals surface area contributed by atoms with Crippen LogP contribution in [0.5, 0.6) is 0 Å². The number of fused-ring (bicyclic) bond motifs is 2. The van der Waals surface area contributed by atoms with Gasteiger partial charge in [-0.25, -0.2) is 0 Å². The number of carbonyl (C=O) groups is 1. The topological polar surface area (TPSA) is 50.5 Å². The molecule has 1 aliphatic rings. The third-order valence-electron chi connectivity index (χ3n) is 5.53. The van der Waals surface area contributed by atoms with E-state index < -0.39 is 6.04 Å². The highest BCUT2D eigenvalue weighted by Gasteiger charge is 2.42. The van der Waals surface area contributed by atoms with E-state index in [1.54, 1.807) is 29.2 Å². The summed E-state index contributed by atoms with van der Waals surface area (Å²) < 4.78 is 6.90. The van der Waals surface area contributed by atoms with Crippen molar-refractivity contribution in [1.82, 2.24) is 4.90 Å². The van der Waals surface area contributed by atoms with Gasteiger partial charge < -0.3 is 9.32 Å². The second-order valence-corrected chi connectivity index (χ2v) is 8.46. The van der Waals surface area contributed by atoms with Crippen LogP contribution in [0.2, 0.25) is 0 Å². The molecule has 3 aromatic carbocycles. The lowest BCUT2D eigenvalue weighted by atomic mass is 9.98. The van der Waals surface area contributed by atoms with E-state index >= 15 is 0 Å². The van der Waals surface area contributed by atoms with Crippen LogP contribution in [-0.4, -0.2) is 10.8 Å². The maximum absolute atomic E-state index is 13.4. The van der Waals surface area contributed by atoms with Crippen molar-refractivity contribution in [3.05, 3.63) is 116 Å². The maximum Gasteiger partial charge on any atom is 0.291 e. The van der Waals surface area contributed by atoms with Gasteiger partial charge in [0.2, 0.25) is 5.76 Å². The zero-order chi connectivity index (χ0) is 20.8. The fraction of sp³-hybridized carbons (Fsp3) is 0.120. The van der Waals surface area contributed by atoms with Gasteiger partial charge in [-0.15, -0.1) is 0 Å². The van der Waals surface area contributed by atoms with E-state index in [-0.39, 0.29) is 17.1 Å². The summed E-state index contributed by atoms with van der Waals surface area (Å²) in [4.78, 5) is 28.5. The first kappa shape index (κ1) is 18.8. The fourth-order valence-electron chi connectivity index (χ4n) is 4.01. The Morgan fingerprint density at radius 1 is 0.933 bits per heavy atom. The number of rotatable bonds is 3. The Morgan fingerprint density at radius 2 is 1.63 bits per heavy atom. The Kier molecular flexibility index (Phi) is 4.55. The smallest absolute Gasteiger partial charge is 0.291 e. The maximum atomic E-state index is 13.4. The van der Waals surface area contributed by atoms with E-state index in [2.05, 4.69) is 15.9 Å². The van der Waals surface area contributed by atoms with Gasteiger partial charge in [-0.2, -0.15) is 0 Å². The van der Waals surface area contributed by atoms with Crippen molar-refractivity contribution in [2.24, 2.45) is 0 Å². The minimum absolute atomic E-state index is 0.138. The molecule has 5 rings (SSSR count). The van der Waals surface area contributed by atoms with E-state index in [0.29, 0.717) is 23.1 Å². The zero-order valence-electron chi connectivity index (χ0n) is 16.3. The Labute approximate surface area is 181 Å². The molecule has 1 aromatic heterocycles. The summed E-state index contributed by atoms with van der Waals surface area (Å²) in [6, 6.07) is 22.4. The normalized spacial score (nSPS) is 15.6. The largest absolute Gasteiger partial charge is 0.450 e. The summed E-state index contributed by atoms with van der Waals surface area (Å²) in [5.41, 5.74) is 3.72. The van der Waals surface area contributed by atoms with Crippen LogP contribution in [0.25, 0.3) is 11.0 Å². The van der Waals surface area contributed by atoms with E-state index in [4.69, 9.17) is 4.42 Å². The van der Waals surface area contributed by atoms with Crippen molar-refractivity contribution >= 4 is 32.8 Å². The van der Waals surface area contributed by atoms with Crippen molar-refractivity contribution in [3.8, 4) is 0 Å². The van der Waals surface area contributed by atoms with E-state index in [1.807, 2.05) is 55.5 Å². The van der Waals surface area contributed by atoms with Crippen molar-refractivity contribution in [2.75, 3.05) is 0 Å². The summed E-state index contributed by atoms with van der Waals surface area (Å²) in [6.07, 6.45) is 0. The van der Waals surface area contributed by atoms with Crippen LogP contribution in [0, 0.1) is 6.92 Å². The molecule has 1 unspecified atom stereocenters.